The van der Waals surface area contributed by atoms with Crippen molar-refractivity contribution in [3.05, 3.63) is 34.6 Å². The van der Waals surface area contributed by atoms with Crippen LogP contribution in [0, 0.1) is 17.7 Å². The highest BCUT2D eigenvalue weighted by molar-refractivity contribution is 6.31. The van der Waals surface area contributed by atoms with Crippen LogP contribution in [0.15, 0.2) is 18.2 Å². The van der Waals surface area contributed by atoms with Gasteiger partial charge >= 0.3 is 0 Å². The monoisotopic (exact) mass is 270 g/mol. The molecule has 0 saturated heterocycles. The fourth-order valence-corrected chi connectivity index (χ4v) is 3.17. The minimum Gasteiger partial charge on any atom is -0.392 e. The number of rotatable bonds is 3. The van der Waals surface area contributed by atoms with E-state index in [1.54, 1.807) is 12.1 Å². The summed E-state index contributed by atoms with van der Waals surface area (Å²) in [7, 11) is 0. The van der Waals surface area contributed by atoms with Gasteiger partial charge in [0.15, 0.2) is 0 Å². The standard InChI is InChI=1S/C15H20ClFO/c1-10-4-2-5-11(8-10)15(18)9-12-13(16)6-3-7-14(12)17/h3,6-7,10-11,15,18H,2,4-5,8-9H2,1H3. The van der Waals surface area contributed by atoms with Crippen LogP contribution in [0.25, 0.3) is 0 Å². The summed E-state index contributed by atoms with van der Waals surface area (Å²) in [6.45, 7) is 2.22. The predicted molar refractivity (Wildman–Crippen MR) is 72.2 cm³/mol. The molecule has 0 heterocycles. The maximum Gasteiger partial charge on any atom is 0.127 e. The van der Waals surface area contributed by atoms with Gasteiger partial charge in [0, 0.05) is 17.0 Å². The van der Waals surface area contributed by atoms with Crippen molar-refractivity contribution in [1.82, 2.24) is 0 Å². The van der Waals surface area contributed by atoms with Gasteiger partial charge in [0.25, 0.3) is 0 Å². The van der Waals surface area contributed by atoms with Crippen LogP contribution in [0.1, 0.15) is 38.2 Å². The van der Waals surface area contributed by atoms with Crippen LogP contribution in [-0.2, 0) is 6.42 Å². The van der Waals surface area contributed by atoms with E-state index in [1.165, 1.54) is 12.5 Å². The van der Waals surface area contributed by atoms with Crippen molar-refractivity contribution < 1.29 is 9.50 Å². The Bertz CT molecular complexity index is 387. The van der Waals surface area contributed by atoms with E-state index in [0.717, 1.165) is 19.3 Å². The molecule has 1 aromatic carbocycles. The van der Waals surface area contributed by atoms with Crippen molar-refractivity contribution in [3.8, 4) is 0 Å². The van der Waals surface area contributed by atoms with E-state index in [0.29, 0.717) is 22.9 Å². The second kappa shape index (κ2) is 6.03. The maximum atomic E-state index is 13.7. The van der Waals surface area contributed by atoms with E-state index in [1.807, 2.05) is 0 Å². The Balaban J connectivity index is 2.04. The zero-order valence-electron chi connectivity index (χ0n) is 10.7. The average molecular weight is 271 g/mol. The Morgan fingerprint density at radius 1 is 1.44 bits per heavy atom. The summed E-state index contributed by atoms with van der Waals surface area (Å²) in [5.74, 6) is 0.629. The molecule has 18 heavy (non-hydrogen) atoms. The lowest BCUT2D eigenvalue weighted by atomic mass is 9.78. The second-order valence-electron chi connectivity index (χ2n) is 5.50. The summed E-state index contributed by atoms with van der Waals surface area (Å²) in [6, 6.07) is 4.67. The lowest BCUT2D eigenvalue weighted by Crippen LogP contribution is -2.28. The van der Waals surface area contributed by atoms with E-state index < -0.39 is 6.10 Å². The first kappa shape index (κ1) is 13.8. The molecule has 3 unspecified atom stereocenters. The van der Waals surface area contributed by atoms with Crippen LogP contribution in [0.3, 0.4) is 0 Å². The highest BCUT2D eigenvalue weighted by Gasteiger charge is 2.26. The number of aliphatic hydroxyl groups excluding tert-OH is 1. The van der Waals surface area contributed by atoms with Crippen LogP contribution >= 0.6 is 11.6 Å². The molecular weight excluding hydrogens is 251 g/mol. The quantitative estimate of drug-likeness (QED) is 0.872. The lowest BCUT2D eigenvalue weighted by Gasteiger charge is -2.30. The number of hydrogen-bond donors (Lipinski definition) is 1. The molecule has 0 aliphatic heterocycles. The van der Waals surface area contributed by atoms with Gasteiger partial charge in [0.2, 0.25) is 0 Å². The molecule has 1 aliphatic carbocycles. The minimum absolute atomic E-state index is 0.282. The molecule has 0 spiro atoms. The Hall–Kier alpha value is -0.600. The molecule has 0 amide bonds. The molecule has 0 radical (unpaired) electrons. The molecule has 3 heteroatoms. The van der Waals surface area contributed by atoms with Crippen LogP contribution in [-0.4, -0.2) is 11.2 Å². The predicted octanol–water partition coefficient (Wildman–Crippen LogP) is 4.21. The normalized spacial score (nSPS) is 26.0. The Kier molecular flexibility index (Phi) is 4.63. The molecule has 3 atom stereocenters. The molecule has 100 valence electrons. The van der Waals surface area contributed by atoms with Crippen molar-refractivity contribution in [1.29, 1.82) is 0 Å². The zero-order valence-corrected chi connectivity index (χ0v) is 11.5. The molecule has 1 aromatic rings. The van der Waals surface area contributed by atoms with Gasteiger partial charge in [-0.2, -0.15) is 0 Å². The van der Waals surface area contributed by atoms with Gasteiger partial charge in [0.1, 0.15) is 5.82 Å². The van der Waals surface area contributed by atoms with Crippen molar-refractivity contribution in [3.63, 3.8) is 0 Å². The number of benzene rings is 1. The smallest absolute Gasteiger partial charge is 0.127 e. The molecule has 1 nitrogen and oxygen atoms in total. The lowest BCUT2D eigenvalue weighted by molar-refractivity contribution is 0.0713. The van der Waals surface area contributed by atoms with Crippen LogP contribution in [0.5, 0.6) is 0 Å². The van der Waals surface area contributed by atoms with Gasteiger partial charge in [-0.05, 0) is 36.8 Å². The maximum absolute atomic E-state index is 13.7. The van der Waals surface area contributed by atoms with Crippen molar-refractivity contribution >= 4 is 11.6 Å². The third-order valence-electron chi connectivity index (χ3n) is 4.00. The Morgan fingerprint density at radius 3 is 2.89 bits per heavy atom. The fraction of sp³-hybridized carbons (Fsp3) is 0.600. The SMILES string of the molecule is CC1CCCC(C(O)Cc2c(F)cccc2Cl)C1. The van der Waals surface area contributed by atoms with Gasteiger partial charge in [-0.15, -0.1) is 0 Å². The van der Waals surface area contributed by atoms with Gasteiger partial charge in [-0.25, -0.2) is 4.39 Å². The summed E-state index contributed by atoms with van der Waals surface area (Å²) in [4.78, 5) is 0. The Morgan fingerprint density at radius 2 is 2.22 bits per heavy atom. The highest BCUT2D eigenvalue weighted by Crippen LogP contribution is 2.33. The molecule has 1 N–H and O–H groups in total. The van der Waals surface area contributed by atoms with Crippen LogP contribution < -0.4 is 0 Å². The molecular formula is C15H20ClFO. The van der Waals surface area contributed by atoms with Gasteiger partial charge in [-0.3, -0.25) is 0 Å². The molecule has 1 aliphatic rings. The van der Waals surface area contributed by atoms with E-state index in [-0.39, 0.29) is 11.7 Å². The highest BCUT2D eigenvalue weighted by atomic mass is 35.5. The number of aliphatic hydroxyl groups is 1. The summed E-state index contributed by atoms with van der Waals surface area (Å²) >= 11 is 5.99. The second-order valence-corrected chi connectivity index (χ2v) is 5.91. The molecule has 1 fully saturated rings. The Labute approximate surface area is 113 Å². The van der Waals surface area contributed by atoms with E-state index in [9.17, 15) is 9.50 Å². The van der Waals surface area contributed by atoms with Gasteiger partial charge in [0.05, 0.1) is 6.10 Å². The summed E-state index contributed by atoms with van der Waals surface area (Å²) in [6.07, 6.45) is 4.31. The van der Waals surface area contributed by atoms with E-state index >= 15 is 0 Å². The zero-order chi connectivity index (χ0) is 13.1. The van der Waals surface area contributed by atoms with E-state index in [2.05, 4.69) is 6.92 Å². The summed E-state index contributed by atoms with van der Waals surface area (Å²) in [5.41, 5.74) is 0.449. The largest absolute Gasteiger partial charge is 0.392 e. The van der Waals surface area contributed by atoms with Crippen molar-refractivity contribution in [2.24, 2.45) is 11.8 Å². The topological polar surface area (TPSA) is 20.2 Å². The number of hydrogen-bond acceptors (Lipinski definition) is 1. The van der Waals surface area contributed by atoms with E-state index in [4.69, 9.17) is 11.6 Å². The van der Waals surface area contributed by atoms with Gasteiger partial charge in [-0.1, -0.05) is 37.4 Å². The average Bonchev–Trinajstić information content (AvgIpc) is 2.34. The van der Waals surface area contributed by atoms with Crippen molar-refractivity contribution in [2.75, 3.05) is 0 Å². The first-order valence-corrected chi connectivity index (χ1v) is 7.06. The number of halogens is 2. The summed E-state index contributed by atoms with van der Waals surface area (Å²) < 4.78 is 13.7. The first-order chi connectivity index (χ1) is 8.58. The minimum atomic E-state index is -0.484. The summed E-state index contributed by atoms with van der Waals surface area (Å²) in [5, 5.41) is 10.7. The third kappa shape index (κ3) is 3.24. The molecule has 1 saturated carbocycles. The van der Waals surface area contributed by atoms with Crippen molar-refractivity contribution in [2.45, 2.75) is 45.1 Å². The van der Waals surface area contributed by atoms with Crippen LogP contribution in [0.2, 0.25) is 5.02 Å². The fourth-order valence-electron chi connectivity index (χ4n) is 2.93. The molecule has 2 rings (SSSR count). The van der Waals surface area contributed by atoms with Gasteiger partial charge < -0.3 is 5.11 Å². The first-order valence-electron chi connectivity index (χ1n) is 6.69. The molecule has 0 aromatic heterocycles. The third-order valence-corrected chi connectivity index (χ3v) is 4.35. The van der Waals surface area contributed by atoms with Crippen LogP contribution in [0.4, 0.5) is 4.39 Å². The molecule has 0 bridgehead atoms.